The number of pyridine rings is 1. The SMILES string of the molecule is O=C(NC(Cc1cc2ccccc2cn1)C(=O)O)OCc1ccccc1. The summed E-state index contributed by atoms with van der Waals surface area (Å²) in [6, 6.07) is 17.5. The van der Waals surface area contributed by atoms with Crippen LogP contribution in [0.3, 0.4) is 0 Å². The number of nitrogens with zero attached hydrogens (tertiary/aromatic N) is 1. The molecule has 0 aliphatic heterocycles. The molecule has 0 radical (unpaired) electrons. The van der Waals surface area contributed by atoms with Crippen LogP contribution in [0.2, 0.25) is 0 Å². The summed E-state index contributed by atoms with van der Waals surface area (Å²) in [7, 11) is 0. The summed E-state index contributed by atoms with van der Waals surface area (Å²) in [5, 5.41) is 13.7. The fourth-order valence-electron chi connectivity index (χ4n) is 2.56. The molecule has 0 saturated heterocycles. The average Bonchev–Trinajstić information content (AvgIpc) is 2.66. The molecule has 3 rings (SSSR count). The number of aromatic nitrogens is 1. The Bertz CT molecular complexity index is 912. The van der Waals surface area contributed by atoms with Crippen molar-refractivity contribution in [2.75, 3.05) is 0 Å². The zero-order valence-corrected chi connectivity index (χ0v) is 14.0. The van der Waals surface area contributed by atoms with E-state index in [1.165, 1.54) is 0 Å². The van der Waals surface area contributed by atoms with Crippen molar-refractivity contribution >= 4 is 22.8 Å². The van der Waals surface area contributed by atoms with Gasteiger partial charge in [0.15, 0.2) is 0 Å². The lowest BCUT2D eigenvalue weighted by molar-refractivity contribution is -0.139. The lowest BCUT2D eigenvalue weighted by Gasteiger charge is -2.14. The number of benzene rings is 2. The maximum absolute atomic E-state index is 11.9. The number of carbonyl (C=O) groups is 2. The molecule has 132 valence electrons. The van der Waals surface area contributed by atoms with Crippen molar-refractivity contribution in [3.63, 3.8) is 0 Å². The zero-order chi connectivity index (χ0) is 18.4. The van der Waals surface area contributed by atoms with Crippen LogP contribution < -0.4 is 5.32 Å². The Labute approximate surface area is 150 Å². The fourth-order valence-corrected chi connectivity index (χ4v) is 2.56. The van der Waals surface area contributed by atoms with Gasteiger partial charge >= 0.3 is 12.1 Å². The Morgan fingerprint density at radius 3 is 2.46 bits per heavy atom. The van der Waals surface area contributed by atoms with E-state index < -0.39 is 18.1 Å². The van der Waals surface area contributed by atoms with Crippen LogP contribution in [0.25, 0.3) is 10.8 Å². The molecule has 26 heavy (non-hydrogen) atoms. The average molecular weight is 350 g/mol. The number of nitrogens with one attached hydrogen (secondary N) is 1. The van der Waals surface area contributed by atoms with Crippen molar-refractivity contribution in [3.05, 3.63) is 78.1 Å². The number of rotatable bonds is 6. The van der Waals surface area contributed by atoms with E-state index in [4.69, 9.17) is 4.74 Å². The third-order valence-corrected chi connectivity index (χ3v) is 3.90. The van der Waals surface area contributed by atoms with Gasteiger partial charge in [-0.15, -0.1) is 0 Å². The Morgan fingerprint density at radius 2 is 1.73 bits per heavy atom. The molecule has 1 unspecified atom stereocenters. The van der Waals surface area contributed by atoms with Crippen LogP contribution in [-0.4, -0.2) is 28.2 Å². The molecule has 3 aromatic rings. The third kappa shape index (κ3) is 4.57. The second-order valence-electron chi connectivity index (χ2n) is 5.82. The highest BCUT2D eigenvalue weighted by molar-refractivity contribution is 5.83. The van der Waals surface area contributed by atoms with E-state index >= 15 is 0 Å². The molecule has 2 N–H and O–H groups in total. The van der Waals surface area contributed by atoms with Crippen molar-refractivity contribution in [2.24, 2.45) is 0 Å². The van der Waals surface area contributed by atoms with Crippen LogP contribution in [0.1, 0.15) is 11.3 Å². The first kappa shape index (κ1) is 17.4. The first-order chi connectivity index (χ1) is 12.6. The molecule has 0 saturated carbocycles. The van der Waals surface area contributed by atoms with E-state index in [1.807, 2.05) is 60.7 Å². The highest BCUT2D eigenvalue weighted by Gasteiger charge is 2.22. The first-order valence-corrected chi connectivity index (χ1v) is 8.15. The molecule has 0 aliphatic rings. The Kier molecular flexibility index (Phi) is 5.43. The number of hydrogen-bond acceptors (Lipinski definition) is 4. The van der Waals surface area contributed by atoms with Crippen molar-refractivity contribution in [3.8, 4) is 0 Å². The number of carboxylic acids is 1. The molecule has 1 amide bonds. The van der Waals surface area contributed by atoms with Crippen LogP contribution in [0.4, 0.5) is 4.79 Å². The van der Waals surface area contributed by atoms with Crippen LogP contribution in [-0.2, 0) is 22.6 Å². The lowest BCUT2D eigenvalue weighted by Crippen LogP contribution is -2.42. The number of ether oxygens (including phenoxy) is 1. The number of amides is 1. The van der Waals surface area contributed by atoms with Gasteiger partial charge in [-0.2, -0.15) is 0 Å². The van der Waals surface area contributed by atoms with E-state index in [0.29, 0.717) is 5.69 Å². The predicted octanol–water partition coefficient (Wildman–Crippen LogP) is 3.16. The maximum atomic E-state index is 11.9. The summed E-state index contributed by atoms with van der Waals surface area (Å²) in [6.07, 6.45) is 0.986. The third-order valence-electron chi connectivity index (χ3n) is 3.90. The van der Waals surface area contributed by atoms with E-state index in [0.717, 1.165) is 16.3 Å². The second kappa shape index (κ2) is 8.11. The van der Waals surface area contributed by atoms with Gasteiger partial charge in [-0.1, -0.05) is 54.6 Å². The largest absolute Gasteiger partial charge is 0.480 e. The highest BCUT2D eigenvalue weighted by Crippen LogP contribution is 2.14. The standard InChI is InChI=1S/C20H18N2O4/c23-19(24)18(22-20(25)26-13-14-6-2-1-3-7-14)11-17-10-15-8-4-5-9-16(15)12-21-17/h1-10,12,18H,11,13H2,(H,22,25)(H,23,24). The van der Waals surface area contributed by atoms with Crippen LogP contribution >= 0.6 is 0 Å². The summed E-state index contributed by atoms with van der Waals surface area (Å²) < 4.78 is 5.08. The normalized spacial score (nSPS) is 11.7. The summed E-state index contributed by atoms with van der Waals surface area (Å²) in [4.78, 5) is 27.7. The minimum atomic E-state index is -1.14. The minimum Gasteiger partial charge on any atom is -0.480 e. The van der Waals surface area contributed by atoms with E-state index in [1.54, 1.807) is 6.20 Å². The fraction of sp³-hybridized carbons (Fsp3) is 0.150. The van der Waals surface area contributed by atoms with Crippen molar-refractivity contribution in [1.82, 2.24) is 10.3 Å². The molecular formula is C20H18N2O4. The minimum absolute atomic E-state index is 0.0700. The number of fused-ring (bicyclic) bond motifs is 1. The number of aliphatic carboxylic acids is 1. The molecule has 0 bridgehead atoms. The van der Waals surface area contributed by atoms with Gasteiger partial charge in [0, 0.05) is 23.7 Å². The van der Waals surface area contributed by atoms with Crippen LogP contribution in [0.5, 0.6) is 0 Å². The Morgan fingerprint density at radius 1 is 1.04 bits per heavy atom. The lowest BCUT2D eigenvalue weighted by atomic mass is 10.1. The zero-order valence-electron chi connectivity index (χ0n) is 14.0. The predicted molar refractivity (Wildman–Crippen MR) is 96.6 cm³/mol. The monoisotopic (exact) mass is 350 g/mol. The molecule has 1 aromatic heterocycles. The van der Waals surface area contributed by atoms with E-state index in [2.05, 4.69) is 10.3 Å². The summed E-state index contributed by atoms with van der Waals surface area (Å²) in [5.41, 5.74) is 1.41. The smallest absolute Gasteiger partial charge is 0.408 e. The topological polar surface area (TPSA) is 88.5 Å². The first-order valence-electron chi connectivity index (χ1n) is 8.15. The summed E-state index contributed by atoms with van der Waals surface area (Å²) in [6.45, 7) is 0.0766. The number of hydrogen-bond donors (Lipinski definition) is 2. The van der Waals surface area contributed by atoms with Crippen LogP contribution in [0, 0.1) is 0 Å². The Balaban J connectivity index is 1.62. The van der Waals surface area contributed by atoms with Gasteiger partial charge in [0.1, 0.15) is 12.6 Å². The van der Waals surface area contributed by atoms with E-state index in [9.17, 15) is 14.7 Å². The van der Waals surface area contributed by atoms with Gasteiger partial charge in [-0.3, -0.25) is 4.98 Å². The van der Waals surface area contributed by atoms with Gasteiger partial charge in [0.25, 0.3) is 0 Å². The van der Waals surface area contributed by atoms with Gasteiger partial charge < -0.3 is 15.2 Å². The quantitative estimate of drug-likeness (QED) is 0.713. The second-order valence-corrected chi connectivity index (χ2v) is 5.82. The molecule has 6 heteroatoms. The number of carbonyl (C=O) groups excluding carboxylic acids is 1. The molecule has 1 heterocycles. The molecule has 1 atom stereocenters. The summed E-state index contributed by atoms with van der Waals surface area (Å²) in [5.74, 6) is -1.14. The maximum Gasteiger partial charge on any atom is 0.408 e. The molecule has 0 spiro atoms. The van der Waals surface area contributed by atoms with Crippen LogP contribution in [0.15, 0.2) is 66.9 Å². The van der Waals surface area contributed by atoms with Crippen molar-refractivity contribution in [1.29, 1.82) is 0 Å². The molecular weight excluding hydrogens is 332 g/mol. The number of carboxylic acid groups (broad SMARTS) is 1. The molecule has 0 fully saturated rings. The summed E-state index contributed by atoms with van der Waals surface area (Å²) >= 11 is 0. The highest BCUT2D eigenvalue weighted by atomic mass is 16.5. The number of alkyl carbamates (subject to hydrolysis) is 1. The van der Waals surface area contributed by atoms with Gasteiger partial charge in [-0.25, -0.2) is 9.59 Å². The van der Waals surface area contributed by atoms with Gasteiger partial charge in [-0.05, 0) is 17.0 Å². The molecule has 0 aliphatic carbocycles. The Hall–Kier alpha value is -3.41. The van der Waals surface area contributed by atoms with E-state index in [-0.39, 0.29) is 13.0 Å². The molecule has 6 nitrogen and oxygen atoms in total. The van der Waals surface area contributed by atoms with Gasteiger partial charge in [0.05, 0.1) is 0 Å². The van der Waals surface area contributed by atoms with Gasteiger partial charge in [0.2, 0.25) is 0 Å². The molecule has 2 aromatic carbocycles. The van der Waals surface area contributed by atoms with Crippen molar-refractivity contribution < 1.29 is 19.4 Å². The van der Waals surface area contributed by atoms with Crippen molar-refractivity contribution in [2.45, 2.75) is 19.1 Å².